The van der Waals surface area contributed by atoms with Crippen LogP contribution in [0, 0.1) is 0 Å². The molecule has 0 radical (unpaired) electrons. The van der Waals surface area contributed by atoms with Crippen molar-refractivity contribution < 1.29 is 14.3 Å². The van der Waals surface area contributed by atoms with E-state index in [4.69, 9.17) is 4.74 Å². The molecule has 0 aliphatic heterocycles. The summed E-state index contributed by atoms with van der Waals surface area (Å²) in [6.45, 7) is 5.01. The predicted molar refractivity (Wildman–Crippen MR) is 72.5 cm³/mol. The van der Waals surface area contributed by atoms with E-state index in [1.807, 2.05) is 13.8 Å². The molecule has 19 heavy (non-hydrogen) atoms. The number of hydrogen-bond acceptors (Lipinski definition) is 8. The first kappa shape index (κ1) is 15.5. The van der Waals surface area contributed by atoms with Crippen LogP contribution in [0.25, 0.3) is 0 Å². The Bertz CT molecular complexity index is 393. The van der Waals surface area contributed by atoms with Crippen molar-refractivity contribution in [1.29, 1.82) is 0 Å². The van der Waals surface area contributed by atoms with E-state index in [0.29, 0.717) is 36.4 Å². The van der Waals surface area contributed by atoms with Crippen LogP contribution >= 0.6 is 11.8 Å². The zero-order valence-corrected chi connectivity index (χ0v) is 12.1. The van der Waals surface area contributed by atoms with Crippen LogP contribution in [-0.4, -0.2) is 46.9 Å². The molecule has 0 fully saturated rings. The third kappa shape index (κ3) is 5.73. The normalized spacial score (nSPS) is 10.1. The number of hydrogen-bond donors (Lipinski definition) is 1. The van der Waals surface area contributed by atoms with Gasteiger partial charge in [-0.15, -0.1) is 0 Å². The fourth-order valence-electron chi connectivity index (χ4n) is 1.16. The summed E-state index contributed by atoms with van der Waals surface area (Å²) >= 11 is 1.36. The second kappa shape index (κ2) is 8.52. The Kier molecular flexibility index (Phi) is 6.94. The molecular formula is C11H18N4O3S. The van der Waals surface area contributed by atoms with Crippen LogP contribution in [0.15, 0.2) is 5.16 Å². The van der Waals surface area contributed by atoms with Gasteiger partial charge in [0.1, 0.15) is 0 Å². The summed E-state index contributed by atoms with van der Waals surface area (Å²) in [4.78, 5) is 23.5. The van der Waals surface area contributed by atoms with Crippen molar-refractivity contribution >= 4 is 23.7 Å². The molecule has 0 aliphatic carbocycles. The van der Waals surface area contributed by atoms with Gasteiger partial charge in [0.25, 0.3) is 0 Å². The average molecular weight is 286 g/mol. The number of nitrogens with zero attached hydrogens (tertiary/aromatic N) is 3. The molecule has 0 spiro atoms. The molecular weight excluding hydrogens is 268 g/mol. The fourth-order valence-corrected chi connectivity index (χ4v) is 1.91. The van der Waals surface area contributed by atoms with Crippen molar-refractivity contribution in [2.75, 3.05) is 31.3 Å². The Labute approximate surface area is 116 Å². The van der Waals surface area contributed by atoms with Crippen LogP contribution in [0.1, 0.15) is 20.3 Å². The molecule has 1 aromatic rings. The average Bonchev–Trinajstić information content (AvgIpc) is 2.39. The number of rotatable bonds is 8. The van der Waals surface area contributed by atoms with E-state index < -0.39 is 0 Å². The molecule has 0 unspecified atom stereocenters. The van der Waals surface area contributed by atoms with Crippen LogP contribution in [0.3, 0.4) is 0 Å². The van der Waals surface area contributed by atoms with Gasteiger partial charge >= 0.3 is 12.0 Å². The van der Waals surface area contributed by atoms with E-state index in [0.717, 1.165) is 0 Å². The minimum Gasteiger partial charge on any atom is -0.469 e. The van der Waals surface area contributed by atoms with Crippen LogP contribution < -0.4 is 10.1 Å². The van der Waals surface area contributed by atoms with Gasteiger partial charge in [0.15, 0.2) is 5.16 Å². The maximum atomic E-state index is 11.0. The fraction of sp³-hybridized carbons (Fsp3) is 0.636. The maximum Gasteiger partial charge on any atom is 0.322 e. The van der Waals surface area contributed by atoms with Crippen molar-refractivity contribution in [3.63, 3.8) is 0 Å². The van der Waals surface area contributed by atoms with Crippen LogP contribution in [-0.2, 0) is 9.53 Å². The summed E-state index contributed by atoms with van der Waals surface area (Å²) in [5, 5.41) is 3.54. The number of carbonyl (C=O) groups excluding carboxylic acids is 1. The topological polar surface area (TPSA) is 86.2 Å². The molecule has 106 valence electrons. The number of nitrogens with one attached hydrogen (secondary N) is 1. The molecule has 1 rings (SSSR count). The number of anilines is 1. The minimum absolute atomic E-state index is 0.251. The molecule has 0 amide bonds. The van der Waals surface area contributed by atoms with Crippen molar-refractivity contribution in [2.45, 2.75) is 25.4 Å². The zero-order chi connectivity index (χ0) is 14.1. The lowest BCUT2D eigenvalue weighted by atomic mass is 10.5. The van der Waals surface area contributed by atoms with Gasteiger partial charge in [-0.3, -0.25) is 4.79 Å². The maximum absolute atomic E-state index is 11.0. The molecule has 7 nitrogen and oxygen atoms in total. The lowest BCUT2D eigenvalue weighted by Gasteiger charge is -2.07. The van der Waals surface area contributed by atoms with Crippen molar-refractivity contribution in [3.8, 4) is 6.01 Å². The van der Waals surface area contributed by atoms with Crippen molar-refractivity contribution in [3.05, 3.63) is 0 Å². The SMILES string of the molecule is CCNc1nc(OCC)nc(SCCC(=O)OC)n1. The van der Waals surface area contributed by atoms with Gasteiger partial charge in [0, 0.05) is 12.3 Å². The Morgan fingerprint density at radius 1 is 1.32 bits per heavy atom. The van der Waals surface area contributed by atoms with E-state index in [1.165, 1.54) is 18.9 Å². The highest BCUT2D eigenvalue weighted by molar-refractivity contribution is 7.99. The summed E-state index contributed by atoms with van der Waals surface area (Å²) in [7, 11) is 1.37. The Hall–Kier alpha value is -1.57. The quantitative estimate of drug-likeness (QED) is 0.566. The second-order valence-electron chi connectivity index (χ2n) is 3.36. The largest absolute Gasteiger partial charge is 0.469 e. The number of methoxy groups -OCH3 is 1. The smallest absolute Gasteiger partial charge is 0.322 e. The van der Waals surface area contributed by atoms with E-state index >= 15 is 0 Å². The van der Waals surface area contributed by atoms with Gasteiger partial charge in [-0.05, 0) is 13.8 Å². The van der Waals surface area contributed by atoms with Crippen molar-refractivity contribution in [2.24, 2.45) is 0 Å². The molecule has 8 heteroatoms. The Balaban J connectivity index is 2.66. The summed E-state index contributed by atoms with van der Waals surface area (Å²) in [6, 6.07) is 0.286. The highest BCUT2D eigenvalue weighted by Gasteiger charge is 2.08. The third-order valence-electron chi connectivity index (χ3n) is 1.97. The monoisotopic (exact) mass is 286 g/mol. The number of thioether (sulfide) groups is 1. The van der Waals surface area contributed by atoms with Gasteiger partial charge in [-0.2, -0.15) is 15.0 Å². The minimum atomic E-state index is -0.251. The summed E-state index contributed by atoms with van der Waals surface area (Å²) in [6.07, 6.45) is 0.313. The summed E-state index contributed by atoms with van der Waals surface area (Å²) < 4.78 is 9.85. The van der Waals surface area contributed by atoms with Crippen LogP contribution in [0.4, 0.5) is 5.95 Å². The molecule has 0 saturated carbocycles. The molecule has 1 aromatic heterocycles. The second-order valence-corrected chi connectivity index (χ2v) is 4.42. The third-order valence-corrected chi connectivity index (χ3v) is 2.82. The first-order valence-electron chi connectivity index (χ1n) is 6.02. The first-order chi connectivity index (χ1) is 9.19. The first-order valence-corrected chi connectivity index (χ1v) is 7.00. The number of aromatic nitrogens is 3. The molecule has 0 atom stereocenters. The molecule has 0 saturated heterocycles. The lowest BCUT2D eigenvalue weighted by Crippen LogP contribution is -2.08. The van der Waals surface area contributed by atoms with Gasteiger partial charge in [0.2, 0.25) is 5.95 Å². The number of esters is 1. The number of ether oxygens (including phenoxy) is 2. The molecule has 0 aliphatic rings. The van der Waals surface area contributed by atoms with Crippen LogP contribution in [0.5, 0.6) is 6.01 Å². The highest BCUT2D eigenvalue weighted by Crippen LogP contribution is 2.18. The zero-order valence-electron chi connectivity index (χ0n) is 11.3. The van der Waals surface area contributed by atoms with E-state index in [-0.39, 0.29) is 12.0 Å². The standard InChI is InChI=1S/C11H18N4O3S/c1-4-12-9-13-10(18-5-2)15-11(14-9)19-7-6-8(16)17-3/h4-7H2,1-3H3,(H,12,13,14,15). The molecule has 1 heterocycles. The Morgan fingerprint density at radius 3 is 2.74 bits per heavy atom. The van der Waals surface area contributed by atoms with Crippen molar-refractivity contribution in [1.82, 2.24) is 15.0 Å². The van der Waals surface area contributed by atoms with E-state index in [9.17, 15) is 4.79 Å². The highest BCUT2D eigenvalue weighted by atomic mass is 32.2. The van der Waals surface area contributed by atoms with Crippen LogP contribution in [0.2, 0.25) is 0 Å². The van der Waals surface area contributed by atoms with Gasteiger partial charge in [0.05, 0.1) is 20.1 Å². The van der Waals surface area contributed by atoms with E-state index in [1.54, 1.807) is 0 Å². The van der Waals surface area contributed by atoms with E-state index in [2.05, 4.69) is 25.0 Å². The summed E-state index contributed by atoms with van der Waals surface area (Å²) in [5.74, 6) is 0.772. The summed E-state index contributed by atoms with van der Waals surface area (Å²) in [5.41, 5.74) is 0. The van der Waals surface area contributed by atoms with Gasteiger partial charge < -0.3 is 14.8 Å². The predicted octanol–water partition coefficient (Wildman–Crippen LogP) is 1.36. The molecule has 0 aromatic carbocycles. The lowest BCUT2D eigenvalue weighted by molar-refractivity contribution is -0.140. The Morgan fingerprint density at radius 2 is 2.11 bits per heavy atom. The number of carbonyl (C=O) groups is 1. The molecule has 1 N–H and O–H groups in total. The van der Waals surface area contributed by atoms with Gasteiger partial charge in [-0.1, -0.05) is 11.8 Å². The molecule has 0 bridgehead atoms. The van der Waals surface area contributed by atoms with Gasteiger partial charge in [-0.25, -0.2) is 0 Å².